The predicted octanol–water partition coefficient (Wildman–Crippen LogP) is 2.89. The van der Waals surface area contributed by atoms with E-state index in [0.717, 1.165) is 24.7 Å². The zero-order valence-corrected chi connectivity index (χ0v) is 11.3. The lowest BCUT2D eigenvalue weighted by Crippen LogP contribution is -2.03. The topological polar surface area (TPSA) is 61.8 Å². The van der Waals surface area contributed by atoms with E-state index in [1.165, 1.54) is 19.1 Å². The summed E-state index contributed by atoms with van der Waals surface area (Å²) in [6.45, 7) is 8.10. The van der Waals surface area contributed by atoms with Crippen LogP contribution in [0.4, 0.5) is 4.39 Å². The summed E-state index contributed by atoms with van der Waals surface area (Å²) in [5, 5.41) is 0. The van der Waals surface area contributed by atoms with Crippen molar-refractivity contribution in [2.45, 2.75) is 6.92 Å². The molecule has 1 aromatic carbocycles. The minimum atomic E-state index is -0.750. The van der Waals surface area contributed by atoms with Gasteiger partial charge >= 0.3 is 11.9 Å². The Labute approximate surface area is 120 Å². The maximum absolute atomic E-state index is 13.6. The van der Waals surface area contributed by atoms with Gasteiger partial charge in [0.25, 0.3) is 0 Å². The summed E-state index contributed by atoms with van der Waals surface area (Å²) in [5.74, 6) is -2.18. The van der Waals surface area contributed by atoms with Crippen molar-refractivity contribution in [2.24, 2.45) is 0 Å². The van der Waals surface area contributed by atoms with Crippen molar-refractivity contribution in [2.75, 3.05) is 0 Å². The van der Waals surface area contributed by atoms with Crippen molar-refractivity contribution in [3.63, 3.8) is 0 Å². The van der Waals surface area contributed by atoms with Crippen LogP contribution in [0.15, 0.2) is 55.5 Å². The van der Waals surface area contributed by atoms with Crippen molar-refractivity contribution in [3.8, 4) is 11.5 Å². The molecule has 0 aliphatic heterocycles. The summed E-state index contributed by atoms with van der Waals surface area (Å²) >= 11 is 0. The van der Waals surface area contributed by atoms with Gasteiger partial charge in [-0.25, -0.2) is 14.0 Å². The molecule has 0 amide bonds. The Morgan fingerprint density at radius 2 is 2.00 bits per heavy atom. The Morgan fingerprint density at radius 3 is 2.57 bits per heavy atom. The first-order chi connectivity index (χ1) is 9.93. The molecule has 0 unspecified atom stereocenters. The highest BCUT2D eigenvalue weighted by atomic mass is 19.1. The molecule has 0 radical (unpaired) electrons. The molecule has 0 N–H and O–H groups in total. The Hall–Kier alpha value is -2.89. The van der Waals surface area contributed by atoms with E-state index in [9.17, 15) is 14.0 Å². The third-order valence-electron chi connectivity index (χ3n) is 2.06. The summed E-state index contributed by atoms with van der Waals surface area (Å²) in [5.41, 5.74) is 0.221. The maximum Gasteiger partial charge on any atom is 0.338 e. The average Bonchev–Trinajstić information content (AvgIpc) is 2.44. The van der Waals surface area contributed by atoms with Crippen LogP contribution in [0.1, 0.15) is 6.92 Å². The molecular formula is C15H13FO5. The van der Waals surface area contributed by atoms with Gasteiger partial charge in [-0.1, -0.05) is 13.2 Å². The number of rotatable bonds is 6. The molecule has 0 bridgehead atoms. The molecule has 0 aromatic heterocycles. The normalized spacial score (nSPS) is 10.0. The van der Waals surface area contributed by atoms with Crippen LogP contribution in [0, 0.1) is 5.82 Å². The summed E-state index contributed by atoms with van der Waals surface area (Å²) in [7, 11) is 0. The zero-order chi connectivity index (χ0) is 15.8. The summed E-state index contributed by atoms with van der Waals surface area (Å²) in [4.78, 5) is 22.0. The van der Waals surface area contributed by atoms with Crippen molar-refractivity contribution >= 4 is 11.9 Å². The van der Waals surface area contributed by atoms with Gasteiger partial charge in [0.2, 0.25) is 0 Å². The second-order valence-electron chi connectivity index (χ2n) is 3.79. The lowest BCUT2D eigenvalue weighted by molar-refractivity contribution is -0.133. The molecule has 6 heteroatoms. The van der Waals surface area contributed by atoms with E-state index in [-0.39, 0.29) is 17.1 Å². The van der Waals surface area contributed by atoms with Crippen LogP contribution >= 0.6 is 0 Å². The maximum atomic E-state index is 13.6. The fourth-order valence-corrected chi connectivity index (χ4v) is 1.09. The molecule has 21 heavy (non-hydrogen) atoms. The van der Waals surface area contributed by atoms with Crippen LogP contribution < -0.4 is 9.47 Å². The van der Waals surface area contributed by atoms with E-state index in [1.54, 1.807) is 0 Å². The van der Waals surface area contributed by atoms with Crippen LogP contribution in [0.25, 0.3) is 0 Å². The third kappa shape index (κ3) is 5.32. The Kier molecular flexibility index (Phi) is 5.88. The van der Waals surface area contributed by atoms with Crippen molar-refractivity contribution < 1.29 is 28.2 Å². The van der Waals surface area contributed by atoms with E-state index in [2.05, 4.69) is 17.9 Å². The van der Waals surface area contributed by atoms with Gasteiger partial charge in [-0.15, -0.1) is 0 Å². The van der Waals surface area contributed by atoms with Gasteiger partial charge in [-0.05, 0) is 19.1 Å². The quantitative estimate of drug-likeness (QED) is 0.349. The number of esters is 2. The molecule has 1 aromatic rings. The summed E-state index contributed by atoms with van der Waals surface area (Å²) < 4.78 is 27.9. The van der Waals surface area contributed by atoms with Crippen molar-refractivity contribution in [1.29, 1.82) is 0 Å². The number of ether oxygens (including phenoxy) is 3. The first-order valence-electron chi connectivity index (χ1n) is 5.76. The highest BCUT2D eigenvalue weighted by molar-refractivity contribution is 5.87. The molecule has 0 fully saturated rings. The van der Waals surface area contributed by atoms with Crippen LogP contribution in [-0.4, -0.2) is 11.9 Å². The Balaban J connectivity index is 2.62. The van der Waals surface area contributed by atoms with E-state index < -0.39 is 17.8 Å². The van der Waals surface area contributed by atoms with Gasteiger partial charge in [0.1, 0.15) is 18.3 Å². The minimum Gasteiger partial charge on any atom is -0.459 e. The fourth-order valence-electron chi connectivity index (χ4n) is 1.09. The highest BCUT2D eigenvalue weighted by Gasteiger charge is 2.07. The smallest absolute Gasteiger partial charge is 0.338 e. The van der Waals surface area contributed by atoms with Crippen LogP contribution in [0.5, 0.6) is 11.5 Å². The average molecular weight is 292 g/mol. The fraction of sp³-hybridized carbons (Fsp3) is 0.0667. The number of halogens is 1. The number of benzene rings is 1. The monoisotopic (exact) mass is 292 g/mol. The second kappa shape index (κ2) is 7.64. The molecule has 1 rings (SSSR count). The van der Waals surface area contributed by atoms with Gasteiger partial charge < -0.3 is 14.2 Å². The zero-order valence-electron chi connectivity index (χ0n) is 11.3. The van der Waals surface area contributed by atoms with Gasteiger partial charge in [-0.2, -0.15) is 0 Å². The number of hydrogen-bond donors (Lipinski definition) is 0. The van der Waals surface area contributed by atoms with Gasteiger partial charge in [0.05, 0.1) is 0 Å². The van der Waals surface area contributed by atoms with E-state index in [1.807, 2.05) is 0 Å². The Morgan fingerprint density at radius 1 is 1.29 bits per heavy atom. The van der Waals surface area contributed by atoms with Crippen molar-refractivity contribution in [1.82, 2.24) is 0 Å². The van der Waals surface area contributed by atoms with E-state index in [0.29, 0.717) is 0 Å². The first-order valence-corrected chi connectivity index (χ1v) is 5.76. The number of hydrogen-bond acceptors (Lipinski definition) is 5. The molecule has 0 atom stereocenters. The van der Waals surface area contributed by atoms with E-state index >= 15 is 0 Å². The third-order valence-corrected chi connectivity index (χ3v) is 2.06. The molecule has 0 saturated heterocycles. The minimum absolute atomic E-state index is 0.0161. The summed E-state index contributed by atoms with van der Waals surface area (Å²) in [6.07, 6.45) is 2.91. The largest absolute Gasteiger partial charge is 0.459 e. The predicted molar refractivity (Wildman–Crippen MR) is 72.9 cm³/mol. The summed E-state index contributed by atoms with van der Waals surface area (Å²) in [6, 6.07) is 3.57. The number of carbonyl (C=O) groups is 2. The number of carbonyl (C=O) groups excluding carboxylic acids is 2. The van der Waals surface area contributed by atoms with Crippen LogP contribution in [-0.2, 0) is 14.3 Å². The van der Waals surface area contributed by atoms with Gasteiger partial charge in [0.15, 0.2) is 11.6 Å². The lowest BCUT2D eigenvalue weighted by atomic mass is 10.3. The molecule has 0 heterocycles. The SMILES string of the molecule is C=CC(=O)Oc1ccc(OC=COC(=O)C(=C)C)c(F)c1. The molecule has 0 spiro atoms. The molecule has 0 aliphatic rings. The standard InChI is InChI=1S/C15H13FO5/c1-4-14(17)21-11-5-6-13(12(16)9-11)19-7-8-20-15(18)10(2)3/h4-9H,1-2H2,3H3. The molecule has 0 aliphatic carbocycles. The Bertz CT molecular complexity index is 604. The second-order valence-corrected chi connectivity index (χ2v) is 3.79. The van der Waals surface area contributed by atoms with Gasteiger partial charge in [-0.3, -0.25) is 0 Å². The highest BCUT2D eigenvalue weighted by Crippen LogP contribution is 2.23. The molecule has 0 saturated carbocycles. The van der Waals surface area contributed by atoms with Crippen molar-refractivity contribution in [3.05, 3.63) is 61.3 Å². The van der Waals surface area contributed by atoms with Gasteiger partial charge in [0, 0.05) is 17.7 Å². The van der Waals surface area contributed by atoms with Crippen LogP contribution in [0.2, 0.25) is 0 Å². The lowest BCUT2D eigenvalue weighted by Gasteiger charge is -2.05. The molecule has 110 valence electrons. The molecular weight excluding hydrogens is 279 g/mol. The van der Waals surface area contributed by atoms with E-state index in [4.69, 9.17) is 9.47 Å². The molecule has 5 nitrogen and oxygen atoms in total. The van der Waals surface area contributed by atoms with Crippen LogP contribution in [0.3, 0.4) is 0 Å². The first kappa shape index (κ1) is 16.2.